The van der Waals surface area contributed by atoms with Gasteiger partial charge in [0, 0.05) is 23.9 Å². The first kappa shape index (κ1) is 22.0. The lowest BCUT2D eigenvalue weighted by Crippen LogP contribution is -2.56. The van der Waals surface area contributed by atoms with Crippen LogP contribution in [0.25, 0.3) is 0 Å². The Bertz CT molecular complexity index is 868. The number of cyclic esters (lactones) is 1. The fraction of sp³-hybridized carbons (Fsp3) is 0.708. The molecule has 0 aromatic heterocycles. The molecule has 5 aliphatic rings. The van der Waals surface area contributed by atoms with Crippen molar-refractivity contribution in [3.8, 4) is 0 Å². The Labute approximate surface area is 193 Å². The number of thioether (sulfide) groups is 1. The van der Waals surface area contributed by atoms with E-state index in [1.165, 1.54) is 6.42 Å². The van der Waals surface area contributed by atoms with Crippen molar-refractivity contribution in [3.05, 3.63) is 24.3 Å². The second-order valence-electron chi connectivity index (χ2n) is 9.80. The van der Waals surface area contributed by atoms with Gasteiger partial charge in [-0.3, -0.25) is 14.4 Å². The minimum absolute atomic E-state index is 0.0473. The first-order valence-corrected chi connectivity index (χ1v) is 12.7. The molecule has 7 nitrogen and oxygen atoms in total. The van der Waals surface area contributed by atoms with Crippen molar-refractivity contribution >= 4 is 29.5 Å². The zero-order chi connectivity index (χ0) is 22.5. The zero-order valence-electron chi connectivity index (χ0n) is 18.6. The predicted octanol–water partition coefficient (Wildman–Crippen LogP) is 1.90. The largest absolute Gasteiger partial charge is 0.465 e. The van der Waals surface area contributed by atoms with Gasteiger partial charge < -0.3 is 19.6 Å². The highest BCUT2D eigenvalue weighted by Gasteiger charge is 2.73. The van der Waals surface area contributed by atoms with Crippen LogP contribution in [0.2, 0.25) is 0 Å². The summed E-state index contributed by atoms with van der Waals surface area (Å²) in [4.78, 5) is 44.5. The molecule has 174 valence electrons. The van der Waals surface area contributed by atoms with Crippen LogP contribution in [-0.4, -0.2) is 80.6 Å². The van der Waals surface area contributed by atoms with Crippen molar-refractivity contribution in [2.75, 3.05) is 26.3 Å². The molecular weight excluding hydrogens is 428 g/mol. The van der Waals surface area contributed by atoms with Gasteiger partial charge in [0.15, 0.2) is 0 Å². The fourth-order valence-electron chi connectivity index (χ4n) is 6.57. The number of rotatable bonds is 3. The Morgan fingerprint density at radius 2 is 1.88 bits per heavy atom. The first-order chi connectivity index (χ1) is 15.4. The van der Waals surface area contributed by atoms with Gasteiger partial charge in [-0.2, -0.15) is 0 Å². The monoisotopic (exact) mass is 460 g/mol. The molecule has 1 unspecified atom stereocenters. The molecule has 1 saturated carbocycles. The van der Waals surface area contributed by atoms with Gasteiger partial charge in [0.05, 0.1) is 29.8 Å². The molecule has 5 rings (SSSR count). The molecule has 0 radical (unpaired) electrons. The van der Waals surface area contributed by atoms with Gasteiger partial charge in [0.1, 0.15) is 6.04 Å². The molecule has 0 aromatic rings. The third-order valence-corrected chi connectivity index (χ3v) is 9.70. The van der Waals surface area contributed by atoms with Gasteiger partial charge >= 0.3 is 5.97 Å². The number of aliphatic hydroxyl groups excluding tert-OH is 1. The number of aliphatic hydroxyl groups is 1. The quantitative estimate of drug-likeness (QED) is 0.511. The molecule has 1 aliphatic carbocycles. The summed E-state index contributed by atoms with van der Waals surface area (Å²) in [5, 5.41) is 9.74. The number of hydrogen-bond donors (Lipinski definition) is 1. The van der Waals surface area contributed by atoms with Crippen LogP contribution in [-0.2, 0) is 19.1 Å². The van der Waals surface area contributed by atoms with Gasteiger partial charge in [0.25, 0.3) is 0 Å². The van der Waals surface area contributed by atoms with Crippen molar-refractivity contribution in [1.29, 1.82) is 0 Å². The van der Waals surface area contributed by atoms with Crippen LogP contribution >= 0.6 is 11.8 Å². The molecule has 4 aliphatic heterocycles. The number of likely N-dealkylation sites (tertiary alicyclic amines) is 1. The summed E-state index contributed by atoms with van der Waals surface area (Å²) in [6.07, 6.45) is 14.2. The normalized spacial score (nSPS) is 39.8. The molecule has 3 fully saturated rings. The van der Waals surface area contributed by atoms with E-state index in [2.05, 4.69) is 0 Å². The lowest BCUT2D eigenvalue weighted by atomic mass is 9.74. The van der Waals surface area contributed by atoms with E-state index in [-0.39, 0.29) is 37.0 Å². The maximum absolute atomic E-state index is 14.1. The number of nitrogens with zero attached hydrogens (tertiary/aromatic N) is 2. The molecule has 0 aromatic carbocycles. The summed E-state index contributed by atoms with van der Waals surface area (Å²) in [5.41, 5.74) is 0. The van der Waals surface area contributed by atoms with Crippen molar-refractivity contribution in [3.63, 3.8) is 0 Å². The summed E-state index contributed by atoms with van der Waals surface area (Å²) >= 11 is 1.56. The van der Waals surface area contributed by atoms with E-state index in [1.807, 2.05) is 36.1 Å². The highest BCUT2D eigenvalue weighted by atomic mass is 32.2. The van der Waals surface area contributed by atoms with E-state index in [0.29, 0.717) is 19.6 Å². The summed E-state index contributed by atoms with van der Waals surface area (Å²) in [5.74, 6) is -1.98. The second-order valence-corrected chi connectivity index (χ2v) is 11.6. The standard InChI is InChI=1S/C24H32N2O5S/c1-23-10-5-6-15-31-22(30)18(23)17-20(28)26(13-14-27)19-21(29)25(16-8-3-2-4-9-16)12-7-11-24(17,19)32-23/h5,7,10-11,16-19,27H,2-4,6,8-9,12-15H2,1H3/t17-,18-,19?,23+,24-/m0/s1. The molecule has 2 amide bonds. The van der Waals surface area contributed by atoms with Crippen molar-refractivity contribution in [2.45, 2.75) is 67.0 Å². The molecule has 1 spiro atoms. The highest BCUT2D eigenvalue weighted by Crippen LogP contribution is 2.65. The summed E-state index contributed by atoms with van der Waals surface area (Å²) in [6.45, 7) is 2.69. The van der Waals surface area contributed by atoms with Crippen molar-refractivity contribution < 1.29 is 24.2 Å². The van der Waals surface area contributed by atoms with Crippen LogP contribution in [0.3, 0.4) is 0 Å². The molecule has 8 heteroatoms. The summed E-state index contributed by atoms with van der Waals surface area (Å²) < 4.78 is 4.04. The SMILES string of the molecule is C[C@@]12C=CCCOC(=O)[C@@H]1[C@H]1C(=O)N(CCO)C3C(=O)N(C4CCCCC4)CC=C[C@@]31S2. The maximum atomic E-state index is 14.1. The Morgan fingerprint density at radius 1 is 1.09 bits per heavy atom. The van der Waals surface area contributed by atoms with Crippen molar-refractivity contribution in [1.82, 2.24) is 9.80 Å². The molecule has 4 heterocycles. The topological polar surface area (TPSA) is 87.1 Å². The summed E-state index contributed by atoms with van der Waals surface area (Å²) in [6, 6.07) is -0.536. The van der Waals surface area contributed by atoms with Crippen molar-refractivity contribution in [2.24, 2.45) is 11.8 Å². The van der Waals surface area contributed by atoms with Crippen LogP contribution in [0.4, 0.5) is 0 Å². The van der Waals surface area contributed by atoms with E-state index in [9.17, 15) is 19.5 Å². The van der Waals surface area contributed by atoms with Crippen LogP contribution in [0, 0.1) is 11.8 Å². The van der Waals surface area contributed by atoms with E-state index in [4.69, 9.17) is 4.74 Å². The number of ether oxygens (including phenoxy) is 1. The number of carbonyl (C=O) groups excluding carboxylic acids is 3. The third kappa shape index (κ3) is 3.16. The van der Waals surface area contributed by atoms with Gasteiger partial charge in [0.2, 0.25) is 11.8 Å². The Kier molecular flexibility index (Phi) is 5.64. The smallest absolute Gasteiger partial charge is 0.311 e. The van der Waals surface area contributed by atoms with Crippen LogP contribution < -0.4 is 0 Å². The second kappa shape index (κ2) is 8.20. The lowest BCUT2D eigenvalue weighted by molar-refractivity contribution is -0.154. The predicted molar refractivity (Wildman–Crippen MR) is 121 cm³/mol. The lowest BCUT2D eigenvalue weighted by Gasteiger charge is -2.39. The minimum Gasteiger partial charge on any atom is -0.465 e. The number of amides is 2. The average Bonchev–Trinajstić information content (AvgIpc) is 3.08. The highest BCUT2D eigenvalue weighted by molar-refractivity contribution is 8.02. The number of fused-ring (bicyclic) bond motifs is 2. The molecule has 32 heavy (non-hydrogen) atoms. The molecular formula is C24H32N2O5S. The number of carbonyl (C=O) groups is 3. The van der Waals surface area contributed by atoms with Gasteiger partial charge in [-0.05, 0) is 26.2 Å². The molecule has 5 atom stereocenters. The number of β-amino-alcohol motifs (C(OH)–C–C–N with tert-alkyl or cyclic N) is 1. The van der Waals surface area contributed by atoms with Gasteiger partial charge in [-0.1, -0.05) is 43.6 Å². The Morgan fingerprint density at radius 3 is 2.62 bits per heavy atom. The van der Waals surface area contributed by atoms with Gasteiger partial charge in [-0.25, -0.2) is 0 Å². The van der Waals surface area contributed by atoms with E-state index >= 15 is 0 Å². The van der Waals surface area contributed by atoms with Crippen LogP contribution in [0.5, 0.6) is 0 Å². The van der Waals surface area contributed by atoms with E-state index < -0.39 is 27.4 Å². The first-order valence-electron chi connectivity index (χ1n) is 11.9. The molecule has 2 saturated heterocycles. The third-order valence-electron chi connectivity index (χ3n) is 7.91. The number of esters is 1. The summed E-state index contributed by atoms with van der Waals surface area (Å²) in [7, 11) is 0. The molecule has 1 N–H and O–H groups in total. The Balaban J connectivity index is 1.60. The number of hydrogen-bond acceptors (Lipinski definition) is 6. The average molecular weight is 461 g/mol. The van der Waals surface area contributed by atoms with Gasteiger partial charge in [-0.15, -0.1) is 11.8 Å². The molecule has 0 bridgehead atoms. The Hall–Kier alpha value is -1.80. The minimum atomic E-state index is -0.847. The van der Waals surface area contributed by atoms with E-state index in [0.717, 1.165) is 25.7 Å². The maximum Gasteiger partial charge on any atom is 0.311 e. The zero-order valence-corrected chi connectivity index (χ0v) is 19.4. The van der Waals surface area contributed by atoms with Crippen LogP contribution in [0.1, 0.15) is 45.4 Å². The van der Waals surface area contributed by atoms with Crippen LogP contribution in [0.15, 0.2) is 24.3 Å². The fourth-order valence-corrected chi connectivity index (χ4v) is 8.73. The van der Waals surface area contributed by atoms with E-state index in [1.54, 1.807) is 16.7 Å².